The van der Waals surface area contributed by atoms with E-state index >= 15 is 0 Å². The zero-order valence-electron chi connectivity index (χ0n) is 22.8. The van der Waals surface area contributed by atoms with Crippen molar-refractivity contribution in [3.05, 3.63) is 58.7 Å². The van der Waals surface area contributed by atoms with Gasteiger partial charge >= 0.3 is 5.97 Å². The van der Waals surface area contributed by atoms with E-state index < -0.39 is 0 Å². The Morgan fingerprint density at radius 3 is 2.22 bits per heavy atom. The Bertz CT molecular complexity index is 1060. The Labute approximate surface area is 220 Å². The number of hydrogen-bond donors (Lipinski definition) is 3. The number of aromatic hydroxyl groups is 2. The molecule has 202 valence electrons. The number of benzene rings is 2. The Kier molecular flexibility index (Phi) is 9.98. The van der Waals surface area contributed by atoms with Crippen LogP contribution in [0.3, 0.4) is 0 Å². The van der Waals surface area contributed by atoms with Crippen molar-refractivity contribution in [2.75, 3.05) is 7.05 Å². The topological polar surface area (TPSA) is 99.1 Å². The van der Waals surface area contributed by atoms with Gasteiger partial charge in [-0.2, -0.15) is 0 Å². The fourth-order valence-electron chi connectivity index (χ4n) is 4.77. The second kappa shape index (κ2) is 13.0. The summed E-state index contributed by atoms with van der Waals surface area (Å²) in [5, 5.41) is 23.7. The van der Waals surface area contributed by atoms with Crippen LogP contribution in [-0.2, 0) is 22.6 Å². The molecule has 37 heavy (non-hydrogen) atoms. The highest BCUT2D eigenvalue weighted by molar-refractivity contribution is 5.97. The largest absolute Gasteiger partial charge is 0.508 e. The first-order valence-corrected chi connectivity index (χ1v) is 13.4. The summed E-state index contributed by atoms with van der Waals surface area (Å²) in [5.74, 6) is -0.337. The molecule has 1 aliphatic rings. The molecule has 0 saturated heterocycles. The smallest absolute Gasteiger partial charge is 0.323 e. The molecule has 1 saturated carbocycles. The summed E-state index contributed by atoms with van der Waals surface area (Å²) in [7, 11) is 1.69. The van der Waals surface area contributed by atoms with Gasteiger partial charge in [-0.3, -0.25) is 9.59 Å². The van der Waals surface area contributed by atoms with Crippen LogP contribution in [0.25, 0.3) is 0 Å². The normalized spacial score (nSPS) is 14.8. The van der Waals surface area contributed by atoms with Gasteiger partial charge in [-0.1, -0.05) is 52.0 Å². The van der Waals surface area contributed by atoms with Crippen LogP contribution in [0.1, 0.15) is 92.8 Å². The van der Waals surface area contributed by atoms with Crippen molar-refractivity contribution in [2.24, 2.45) is 5.92 Å². The van der Waals surface area contributed by atoms with Crippen molar-refractivity contribution in [3.63, 3.8) is 0 Å². The average Bonchev–Trinajstić information content (AvgIpc) is 3.34. The summed E-state index contributed by atoms with van der Waals surface area (Å²) in [5.41, 5.74) is 2.78. The number of hydrogen-bond acceptors (Lipinski definition) is 6. The molecule has 1 atom stereocenters. The number of nitrogens with zero attached hydrogens (tertiary/aromatic N) is 1. The van der Waals surface area contributed by atoms with E-state index in [1.54, 1.807) is 18.0 Å². The van der Waals surface area contributed by atoms with Crippen LogP contribution >= 0.6 is 0 Å². The van der Waals surface area contributed by atoms with Crippen LogP contribution < -0.4 is 5.32 Å². The highest BCUT2D eigenvalue weighted by Crippen LogP contribution is 2.33. The number of carbonyl (C=O) groups is 2. The number of phenols is 2. The minimum absolute atomic E-state index is 0.0154. The van der Waals surface area contributed by atoms with Crippen molar-refractivity contribution in [1.29, 1.82) is 0 Å². The van der Waals surface area contributed by atoms with E-state index in [1.807, 2.05) is 38.1 Å². The molecule has 1 amide bonds. The number of nitrogens with one attached hydrogen (secondary N) is 1. The van der Waals surface area contributed by atoms with Gasteiger partial charge in [-0.15, -0.1) is 0 Å². The Balaban J connectivity index is 1.59. The molecule has 2 aromatic rings. The summed E-state index contributed by atoms with van der Waals surface area (Å²) in [4.78, 5) is 27.3. The molecule has 2 aromatic carbocycles. The highest BCUT2D eigenvalue weighted by atomic mass is 16.5. The van der Waals surface area contributed by atoms with E-state index in [9.17, 15) is 19.8 Å². The van der Waals surface area contributed by atoms with Crippen LogP contribution in [0, 0.1) is 5.92 Å². The molecule has 0 aliphatic heterocycles. The maximum absolute atomic E-state index is 13.0. The Morgan fingerprint density at radius 1 is 1.00 bits per heavy atom. The molecule has 7 nitrogen and oxygen atoms in total. The van der Waals surface area contributed by atoms with Crippen LogP contribution in [0.5, 0.6) is 11.5 Å². The lowest BCUT2D eigenvalue weighted by molar-refractivity contribution is -0.151. The van der Waals surface area contributed by atoms with E-state index in [0.29, 0.717) is 24.6 Å². The minimum Gasteiger partial charge on any atom is -0.508 e. The molecule has 0 aromatic heterocycles. The van der Waals surface area contributed by atoms with Crippen LogP contribution in [-0.4, -0.2) is 46.2 Å². The van der Waals surface area contributed by atoms with Gasteiger partial charge in [0, 0.05) is 26.2 Å². The van der Waals surface area contributed by atoms with Gasteiger partial charge in [0.15, 0.2) is 0 Å². The lowest BCUT2D eigenvalue weighted by Crippen LogP contribution is -2.40. The fraction of sp³-hybridized carbons (Fsp3) is 0.533. The Morgan fingerprint density at radius 2 is 1.62 bits per heavy atom. The molecule has 1 fully saturated rings. The van der Waals surface area contributed by atoms with E-state index in [0.717, 1.165) is 43.2 Å². The lowest BCUT2D eigenvalue weighted by atomic mass is 9.98. The number of rotatable bonds is 11. The van der Waals surface area contributed by atoms with Gasteiger partial charge in [0.25, 0.3) is 5.91 Å². The minimum atomic E-state index is -0.335. The maximum atomic E-state index is 13.0. The molecule has 0 unspecified atom stereocenters. The molecule has 7 heteroatoms. The van der Waals surface area contributed by atoms with E-state index in [1.165, 1.54) is 6.07 Å². The van der Waals surface area contributed by atoms with Crippen molar-refractivity contribution in [3.8, 4) is 11.5 Å². The highest BCUT2D eigenvalue weighted by Gasteiger charge is 2.26. The predicted molar refractivity (Wildman–Crippen MR) is 145 cm³/mol. The second-order valence-electron chi connectivity index (χ2n) is 11.0. The van der Waals surface area contributed by atoms with Crippen molar-refractivity contribution < 1.29 is 24.5 Å². The molecule has 1 aliphatic carbocycles. The summed E-state index contributed by atoms with van der Waals surface area (Å²) in [6.45, 7) is 8.96. The maximum Gasteiger partial charge on any atom is 0.323 e. The number of amides is 1. The van der Waals surface area contributed by atoms with Crippen LogP contribution in [0.4, 0.5) is 0 Å². The third-order valence-electron chi connectivity index (χ3n) is 6.92. The van der Waals surface area contributed by atoms with Gasteiger partial charge in [0.05, 0.1) is 5.56 Å². The molecule has 0 bridgehead atoms. The van der Waals surface area contributed by atoms with Gasteiger partial charge in [-0.25, -0.2) is 0 Å². The number of phenolic OH excluding ortho intramolecular Hbond substituents is 2. The SMILES string of the molecule is CC(C)C[C@H](NCc1ccc(CN(C)C(=O)c2cc(C(C)C)c(O)cc2O)cc1)C(=O)OC1CCCC1. The standard InChI is InChI=1S/C30H42N2O5/c1-19(2)14-26(30(36)37-23-8-6-7-9-23)31-17-21-10-12-22(13-11-21)18-32(5)29(35)25-15-24(20(3)4)27(33)16-28(25)34/h10-13,15-16,19-20,23,26,31,33-34H,6-9,14,17-18H2,1-5H3/t26-/m0/s1. The summed E-state index contributed by atoms with van der Waals surface area (Å²) < 4.78 is 5.75. The third kappa shape index (κ3) is 7.96. The zero-order chi connectivity index (χ0) is 27.1. The fourth-order valence-corrected chi connectivity index (χ4v) is 4.77. The summed E-state index contributed by atoms with van der Waals surface area (Å²) >= 11 is 0. The molecular weight excluding hydrogens is 468 g/mol. The van der Waals surface area contributed by atoms with Crippen molar-refractivity contribution in [2.45, 2.75) is 91.0 Å². The van der Waals surface area contributed by atoms with Gasteiger partial charge in [0.2, 0.25) is 0 Å². The molecule has 0 spiro atoms. The first kappa shape index (κ1) is 28.5. The van der Waals surface area contributed by atoms with E-state index in [-0.39, 0.29) is 47.0 Å². The average molecular weight is 511 g/mol. The third-order valence-corrected chi connectivity index (χ3v) is 6.92. The summed E-state index contributed by atoms with van der Waals surface area (Å²) in [6, 6.07) is 10.4. The predicted octanol–water partition coefficient (Wildman–Crippen LogP) is 5.48. The van der Waals surface area contributed by atoms with Gasteiger partial charge in [0.1, 0.15) is 23.6 Å². The van der Waals surface area contributed by atoms with Crippen LogP contribution in [0.2, 0.25) is 0 Å². The number of carbonyl (C=O) groups excluding carboxylic acids is 2. The van der Waals surface area contributed by atoms with Crippen molar-refractivity contribution in [1.82, 2.24) is 10.2 Å². The quantitative estimate of drug-likeness (QED) is 0.346. The first-order chi connectivity index (χ1) is 17.5. The van der Waals surface area contributed by atoms with Gasteiger partial charge < -0.3 is 25.2 Å². The zero-order valence-corrected chi connectivity index (χ0v) is 22.8. The molecule has 0 radical (unpaired) electrons. The van der Waals surface area contributed by atoms with Crippen molar-refractivity contribution >= 4 is 11.9 Å². The van der Waals surface area contributed by atoms with E-state index in [2.05, 4.69) is 19.2 Å². The molecular formula is C30H42N2O5. The number of esters is 1. The summed E-state index contributed by atoms with van der Waals surface area (Å²) in [6.07, 6.45) is 4.96. The molecule has 3 rings (SSSR count). The number of ether oxygens (including phenoxy) is 1. The van der Waals surface area contributed by atoms with E-state index in [4.69, 9.17) is 4.74 Å². The van der Waals surface area contributed by atoms with Gasteiger partial charge in [-0.05, 0) is 66.7 Å². The Hall–Kier alpha value is -3.06. The van der Waals surface area contributed by atoms with Crippen LogP contribution in [0.15, 0.2) is 36.4 Å². The molecule has 0 heterocycles. The molecule has 3 N–H and O–H groups in total. The monoisotopic (exact) mass is 510 g/mol. The first-order valence-electron chi connectivity index (χ1n) is 13.4. The lowest BCUT2D eigenvalue weighted by Gasteiger charge is -2.22. The second-order valence-corrected chi connectivity index (χ2v) is 11.0.